The highest BCUT2D eigenvalue weighted by Crippen LogP contribution is 2.33. The second kappa shape index (κ2) is 5.44. The molecule has 3 atom stereocenters. The number of amides is 2. The fourth-order valence-corrected chi connectivity index (χ4v) is 3.33. The monoisotopic (exact) mass is 289 g/mol. The minimum atomic E-state index is -0.674. The molecule has 1 aromatic rings. The number of nitrogens with two attached hydrogens (primary N) is 1. The fourth-order valence-electron chi connectivity index (χ4n) is 3.33. The number of pyridine rings is 1. The quantitative estimate of drug-likeness (QED) is 0.873. The number of likely N-dealkylation sites (tertiary alicyclic amines) is 1. The van der Waals surface area contributed by atoms with E-state index in [0.717, 1.165) is 12.8 Å². The van der Waals surface area contributed by atoms with Crippen LogP contribution in [0.1, 0.15) is 40.6 Å². The molecule has 0 bridgehead atoms. The molecule has 2 N–H and O–H groups in total. The van der Waals surface area contributed by atoms with Gasteiger partial charge in [0.1, 0.15) is 5.69 Å². The highest BCUT2D eigenvalue weighted by atomic mass is 16.5. The molecule has 0 unspecified atom stereocenters. The van der Waals surface area contributed by atoms with Crippen LogP contribution in [0.5, 0.6) is 0 Å². The Bertz CT molecular complexity index is 575. The molecular weight excluding hydrogens is 270 g/mol. The van der Waals surface area contributed by atoms with E-state index in [9.17, 15) is 9.59 Å². The molecule has 2 saturated heterocycles. The van der Waals surface area contributed by atoms with Crippen molar-refractivity contribution in [3.05, 3.63) is 29.6 Å². The molecule has 3 rings (SSSR count). The molecule has 112 valence electrons. The Morgan fingerprint density at radius 3 is 3.05 bits per heavy atom. The third-order valence-corrected chi connectivity index (χ3v) is 4.26. The van der Waals surface area contributed by atoms with Gasteiger partial charge in [-0.15, -0.1) is 0 Å². The van der Waals surface area contributed by atoms with Gasteiger partial charge in [0, 0.05) is 25.2 Å². The molecule has 2 aliphatic heterocycles. The van der Waals surface area contributed by atoms with E-state index in [1.165, 1.54) is 6.20 Å². The lowest BCUT2D eigenvalue weighted by atomic mass is 9.92. The smallest absolute Gasteiger partial charge is 0.268 e. The first-order valence-corrected chi connectivity index (χ1v) is 7.26. The molecule has 0 aliphatic carbocycles. The summed E-state index contributed by atoms with van der Waals surface area (Å²) < 4.78 is 5.84. The first-order valence-electron chi connectivity index (χ1n) is 7.26. The van der Waals surface area contributed by atoms with Gasteiger partial charge < -0.3 is 15.4 Å². The predicted octanol–water partition coefficient (Wildman–Crippen LogP) is 0.820. The Labute approximate surface area is 123 Å². The third kappa shape index (κ3) is 2.63. The Balaban J connectivity index is 1.79. The van der Waals surface area contributed by atoms with Gasteiger partial charge in [-0.1, -0.05) is 0 Å². The lowest BCUT2D eigenvalue weighted by molar-refractivity contribution is 0.00859. The summed E-state index contributed by atoms with van der Waals surface area (Å²) in [6, 6.07) is 3.25. The lowest BCUT2D eigenvalue weighted by Crippen LogP contribution is -2.45. The highest BCUT2D eigenvalue weighted by Gasteiger charge is 2.39. The molecule has 6 nitrogen and oxygen atoms in total. The van der Waals surface area contributed by atoms with Crippen LogP contribution in [0.15, 0.2) is 18.3 Å². The van der Waals surface area contributed by atoms with E-state index in [0.29, 0.717) is 19.0 Å². The third-order valence-electron chi connectivity index (χ3n) is 4.26. The summed E-state index contributed by atoms with van der Waals surface area (Å²) in [5.41, 5.74) is 5.62. The number of rotatable bonds is 2. The molecule has 21 heavy (non-hydrogen) atoms. The van der Waals surface area contributed by atoms with Crippen molar-refractivity contribution in [2.24, 2.45) is 11.7 Å². The minimum absolute atomic E-state index is 0.0423. The van der Waals surface area contributed by atoms with E-state index in [-0.39, 0.29) is 29.4 Å². The van der Waals surface area contributed by atoms with Crippen LogP contribution in [0.4, 0.5) is 0 Å². The number of primary amides is 1. The number of fused-ring (bicyclic) bond motifs is 1. The fraction of sp³-hybridized carbons (Fsp3) is 0.533. The Hall–Kier alpha value is -1.95. The molecule has 3 heterocycles. The van der Waals surface area contributed by atoms with Crippen molar-refractivity contribution >= 4 is 11.8 Å². The number of piperidine rings is 1. The van der Waals surface area contributed by atoms with Crippen LogP contribution < -0.4 is 5.73 Å². The first-order chi connectivity index (χ1) is 10.1. The average molecular weight is 289 g/mol. The number of carbonyl (C=O) groups excluding carboxylic acids is 2. The van der Waals surface area contributed by atoms with Crippen molar-refractivity contribution in [3.63, 3.8) is 0 Å². The molecule has 0 spiro atoms. The average Bonchev–Trinajstić information content (AvgIpc) is 2.85. The molecule has 6 heteroatoms. The maximum Gasteiger partial charge on any atom is 0.268 e. The number of carbonyl (C=O) groups is 2. The Kier molecular flexibility index (Phi) is 3.63. The van der Waals surface area contributed by atoms with Crippen molar-refractivity contribution in [1.82, 2.24) is 9.88 Å². The van der Waals surface area contributed by atoms with Crippen LogP contribution in [0.2, 0.25) is 0 Å². The summed E-state index contributed by atoms with van der Waals surface area (Å²) in [5, 5.41) is 0. The normalized spacial score (nSPS) is 28.2. The van der Waals surface area contributed by atoms with Gasteiger partial charge in [-0.2, -0.15) is 0 Å². The van der Waals surface area contributed by atoms with Crippen molar-refractivity contribution in [3.8, 4) is 0 Å². The van der Waals surface area contributed by atoms with E-state index in [2.05, 4.69) is 11.9 Å². The molecule has 0 aromatic carbocycles. The number of nitrogens with zero attached hydrogens (tertiary/aromatic N) is 2. The lowest BCUT2D eigenvalue weighted by Gasteiger charge is -2.34. The van der Waals surface area contributed by atoms with E-state index in [1.807, 2.05) is 0 Å². The molecule has 0 saturated carbocycles. The number of aromatic nitrogens is 1. The van der Waals surface area contributed by atoms with Gasteiger partial charge in [0.05, 0.1) is 17.8 Å². The highest BCUT2D eigenvalue weighted by molar-refractivity contribution is 6.05. The SMILES string of the molecule is C[C@H]1C[C@H]2CN(C(=O)c3cccnc3C(N)=O)CC[C@@H]2O1. The van der Waals surface area contributed by atoms with Gasteiger partial charge in [-0.05, 0) is 31.9 Å². The zero-order valence-electron chi connectivity index (χ0n) is 12.0. The maximum atomic E-state index is 12.6. The number of hydrogen-bond donors (Lipinski definition) is 1. The predicted molar refractivity (Wildman–Crippen MR) is 75.7 cm³/mol. The summed E-state index contributed by atoms with van der Waals surface area (Å²) in [5.74, 6) is -0.465. The summed E-state index contributed by atoms with van der Waals surface area (Å²) in [6.07, 6.45) is 3.80. The van der Waals surface area contributed by atoms with Gasteiger partial charge in [0.25, 0.3) is 11.8 Å². The first kappa shape index (κ1) is 14.0. The molecular formula is C15H19N3O3. The molecule has 1 aromatic heterocycles. The standard InChI is InChI=1S/C15H19N3O3/c1-9-7-10-8-18(6-4-12(10)21-9)15(20)11-3-2-5-17-13(11)14(16)19/h2-3,5,9-10,12H,4,6-8H2,1H3,(H2,16,19)/t9-,10-,12-/m0/s1. The molecule has 2 fully saturated rings. The van der Waals surface area contributed by atoms with Crippen LogP contribution in [-0.4, -0.2) is 47.0 Å². The van der Waals surface area contributed by atoms with Crippen molar-refractivity contribution in [1.29, 1.82) is 0 Å². The van der Waals surface area contributed by atoms with E-state index in [4.69, 9.17) is 10.5 Å². The maximum absolute atomic E-state index is 12.6. The molecule has 0 radical (unpaired) electrons. The zero-order valence-corrected chi connectivity index (χ0v) is 12.0. The van der Waals surface area contributed by atoms with Crippen LogP contribution in [0, 0.1) is 5.92 Å². The summed E-state index contributed by atoms with van der Waals surface area (Å²) in [7, 11) is 0. The topological polar surface area (TPSA) is 85.5 Å². The number of ether oxygens (including phenoxy) is 1. The van der Waals surface area contributed by atoms with Gasteiger partial charge in [0.15, 0.2) is 0 Å². The Morgan fingerprint density at radius 2 is 2.29 bits per heavy atom. The van der Waals surface area contributed by atoms with Gasteiger partial charge in [0.2, 0.25) is 0 Å². The van der Waals surface area contributed by atoms with Gasteiger partial charge >= 0.3 is 0 Å². The summed E-state index contributed by atoms with van der Waals surface area (Å²) in [6.45, 7) is 3.37. The van der Waals surface area contributed by atoms with Crippen LogP contribution in [-0.2, 0) is 4.74 Å². The van der Waals surface area contributed by atoms with Crippen molar-refractivity contribution < 1.29 is 14.3 Å². The van der Waals surface area contributed by atoms with Crippen LogP contribution in [0.25, 0.3) is 0 Å². The second-order valence-electron chi connectivity index (χ2n) is 5.78. The molecule has 2 aliphatic rings. The largest absolute Gasteiger partial charge is 0.375 e. The minimum Gasteiger partial charge on any atom is -0.375 e. The van der Waals surface area contributed by atoms with Crippen molar-refractivity contribution in [2.45, 2.75) is 32.0 Å². The van der Waals surface area contributed by atoms with Crippen LogP contribution in [0.3, 0.4) is 0 Å². The summed E-state index contributed by atoms with van der Waals surface area (Å²) >= 11 is 0. The van der Waals surface area contributed by atoms with Crippen molar-refractivity contribution in [2.75, 3.05) is 13.1 Å². The van der Waals surface area contributed by atoms with Crippen LogP contribution >= 0.6 is 0 Å². The Morgan fingerprint density at radius 1 is 1.48 bits per heavy atom. The number of hydrogen-bond acceptors (Lipinski definition) is 4. The molecule has 2 amide bonds. The summed E-state index contributed by atoms with van der Waals surface area (Å²) in [4.78, 5) is 29.7. The van der Waals surface area contributed by atoms with E-state index < -0.39 is 5.91 Å². The van der Waals surface area contributed by atoms with E-state index in [1.54, 1.807) is 17.0 Å². The second-order valence-corrected chi connectivity index (χ2v) is 5.78. The van der Waals surface area contributed by atoms with E-state index >= 15 is 0 Å². The van der Waals surface area contributed by atoms with Gasteiger partial charge in [-0.3, -0.25) is 14.6 Å². The van der Waals surface area contributed by atoms with Gasteiger partial charge in [-0.25, -0.2) is 0 Å². The zero-order chi connectivity index (χ0) is 15.0.